The van der Waals surface area contributed by atoms with Gasteiger partial charge in [-0.3, -0.25) is 0 Å². The molecule has 2 N–H and O–H groups in total. The Labute approximate surface area is 117 Å². The predicted octanol–water partition coefficient (Wildman–Crippen LogP) is 2.81. The maximum Gasteiger partial charge on any atom is 0.188 e. The summed E-state index contributed by atoms with van der Waals surface area (Å²) in [4.78, 5) is 0.121. The molecule has 2 aromatic carbocycles. The van der Waals surface area contributed by atoms with Gasteiger partial charge in [0.15, 0.2) is 9.84 Å². The smallest absolute Gasteiger partial charge is 0.188 e. The fraction of sp³-hybridized carbons (Fsp3) is 0.143. The third kappa shape index (κ3) is 2.81. The minimum atomic E-state index is -3.59. The molecular weight excluding hydrogens is 282 g/mol. The summed E-state index contributed by atoms with van der Waals surface area (Å²) in [5, 5.41) is -0.564. The van der Waals surface area contributed by atoms with E-state index in [4.69, 9.17) is 17.3 Å². The zero-order valence-corrected chi connectivity index (χ0v) is 11.7. The topological polar surface area (TPSA) is 60.2 Å². The Hall–Kier alpha value is -1.36. The van der Waals surface area contributed by atoms with Crippen LogP contribution in [0.2, 0.25) is 5.02 Å². The molecule has 0 fully saturated rings. The SMILES string of the molecule is NCC(c1ccccc1)S(=O)(=O)c1ccccc1Cl. The molecule has 0 spiro atoms. The van der Waals surface area contributed by atoms with Crippen LogP contribution in [-0.4, -0.2) is 15.0 Å². The van der Waals surface area contributed by atoms with Crippen molar-refractivity contribution in [3.8, 4) is 0 Å². The predicted molar refractivity (Wildman–Crippen MR) is 76.9 cm³/mol. The standard InChI is InChI=1S/C14H14ClNO2S/c15-12-8-4-5-9-13(12)19(17,18)14(10-16)11-6-2-1-3-7-11/h1-9,14H,10,16H2. The van der Waals surface area contributed by atoms with Gasteiger partial charge in [0.2, 0.25) is 0 Å². The van der Waals surface area contributed by atoms with Gasteiger partial charge in [-0.1, -0.05) is 54.1 Å². The van der Waals surface area contributed by atoms with Gasteiger partial charge in [-0.15, -0.1) is 0 Å². The van der Waals surface area contributed by atoms with Gasteiger partial charge in [-0.2, -0.15) is 0 Å². The van der Waals surface area contributed by atoms with E-state index in [0.29, 0.717) is 5.56 Å². The lowest BCUT2D eigenvalue weighted by atomic mass is 10.1. The molecular formula is C14H14ClNO2S. The van der Waals surface area contributed by atoms with Crippen LogP contribution in [0.5, 0.6) is 0 Å². The van der Waals surface area contributed by atoms with Crippen LogP contribution < -0.4 is 5.73 Å². The number of sulfone groups is 1. The summed E-state index contributed by atoms with van der Waals surface area (Å²) in [6.07, 6.45) is 0. The molecule has 0 saturated carbocycles. The average molecular weight is 296 g/mol. The molecule has 1 unspecified atom stereocenters. The summed E-state index contributed by atoms with van der Waals surface area (Å²) in [7, 11) is -3.59. The molecule has 5 heteroatoms. The quantitative estimate of drug-likeness (QED) is 0.943. The molecule has 0 amide bonds. The van der Waals surface area contributed by atoms with Gasteiger partial charge in [0.05, 0.1) is 9.92 Å². The molecule has 100 valence electrons. The highest BCUT2D eigenvalue weighted by molar-refractivity contribution is 7.91. The van der Waals surface area contributed by atoms with Crippen molar-refractivity contribution < 1.29 is 8.42 Å². The fourth-order valence-corrected chi connectivity index (χ4v) is 4.08. The van der Waals surface area contributed by atoms with Crippen molar-refractivity contribution in [2.24, 2.45) is 5.73 Å². The largest absolute Gasteiger partial charge is 0.329 e. The first kappa shape index (κ1) is 14.1. The highest BCUT2D eigenvalue weighted by atomic mass is 35.5. The number of rotatable bonds is 4. The molecule has 0 aliphatic carbocycles. The van der Waals surface area contributed by atoms with Gasteiger partial charge in [0.1, 0.15) is 5.25 Å². The molecule has 0 aliphatic heterocycles. The Kier molecular flexibility index (Phi) is 4.24. The van der Waals surface area contributed by atoms with E-state index in [1.165, 1.54) is 6.07 Å². The molecule has 0 saturated heterocycles. The third-order valence-corrected chi connectivity index (χ3v) is 5.53. The summed E-state index contributed by atoms with van der Waals surface area (Å²) in [6.45, 7) is 0.0115. The van der Waals surface area contributed by atoms with E-state index in [0.717, 1.165) is 0 Å². The van der Waals surface area contributed by atoms with Gasteiger partial charge in [0.25, 0.3) is 0 Å². The summed E-state index contributed by atoms with van der Waals surface area (Å²) in [5.74, 6) is 0. The van der Waals surface area contributed by atoms with Crippen molar-refractivity contribution in [2.75, 3.05) is 6.54 Å². The van der Waals surface area contributed by atoms with Crippen molar-refractivity contribution in [1.29, 1.82) is 0 Å². The van der Waals surface area contributed by atoms with Gasteiger partial charge in [-0.05, 0) is 17.7 Å². The Balaban J connectivity index is 2.52. The number of hydrogen-bond donors (Lipinski definition) is 1. The summed E-state index contributed by atoms with van der Waals surface area (Å²) >= 11 is 5.98. The Morgan fingerprint density at radius 3 is 2.16 bits per heavy atom. The van der Waals surface area contributed by atoms with E-state index < -0.39 is 15.1 Å². The van der Waals surface area contributed by atoms with Gasteiger partial charge in [0, 0.05) is 6.54 Å². The van der Waals surface area contributed by atoms with E-state index >= 15 is 0 Å². The molecule has 2 aromatic rings. The molecule has 2 rings (SSSR count). The van der Waals surface area contributed by atoms with Crippen LogP contribution >= 0.6 is 11.6 Å². The highest BCUT2D eigenvalue weighted by Gasteiger charge is 2.29. The van der Waals surface area contributed by atoms with Crippen LogP contribution in [0.4, 0.5) is 0 Å². The second kappa shape index (κ2) is 5.74. The minimum Gasteiger partial charge on any atom is -0.329 e. The molecule has 0 heterocycles. The molecule has 3 nitrogen and oxygen atoms in total. The first-order valence-corrected chi connectivity index (χ1v) is 7.73. The van der Waals surface area contributed by atoms with Gasteiger partial charge >= 0.3 is 0 Å². The third-order valence-electron chi connectivity index (χ3n) is 2.90. The number of nitrogens with two attached hydrogens (primary N) is 1. The van der Waals surface area contributed by atoms with Crippen molar-refractivity contribution in [3.05, 3.63) is 65.2 Å². The van der Waals surface area contributed by atoms with Crippen molar-refractivity contribution in [2.45, 2.75) is 10.1 Å². The first-order chi connectivity index (χ1) is 9.07. The zero-order valence-electron chi connectivity index (χ0n) is 10.2. The molecule has 0 aliphatic rings. The summed E-state index contributed by atoms with van der Waals surface area (Å²) < 4.78 is 25.2. The second-order valence-electron chi connectivity index (χ2n) is 4.11. The number of halogens is 1. The van der Waals surface area contributed by atoms with E-state index in [1.54, 1.807) is 42.5 Å². The summed E-state index contributed by atoms with van der Waals surface area (Å²) in [5.41, 5.74) is 6.33. The van der Waals surface area contributed by atoms with Crippen LogP contribution in [0.3, 0.4) is 0 Å². The van der Waals surface area contributed by atoms with Crippen LogP contribution in [0, 0.1) is 0 Å². The average Bonchev–Trinajstić information content (AvgIpc) is 2.40. The molecule has 1 atom stereocenters. The van der Waals surface area contributed by atoms with Crippen LogP contribution in [-0.2, 0) is 9.84 Å². The van der Waals surface area contributed by atoms with Gasteiger partial charge in [-0.25, -0.2) is 8.42 Å². The zero-order chi connectivity index (χ0) is 13.9. The molecule has 0 bridgehead atoms. The lowest BCUT2D eigenvalue weighted by Gasteiger charge is -2.17. The molecule has 0 radical (unpaired) electrons. The van der Waals surface area contributed by atoms with Gasteiger partial charge < -0.3 is 5.73 Å². The minimum absolute atomic E-state index is 0.0115. The van der Waals surface area contributed by atoms with Crippen molar-refractivity contribution in [3.63, 3.8) is 0 Å². The van der Waals surface area contributed by atoms with E-state index in [1.807, 2.05) is 6.07 Å². The van der Waals surface area contributed by atoms with Crippen molar-refractivity contribution >= 4 is 21.4 Å². The fourth-order valence-electron chi connectivity index (χ4n) is 1.94. The lowest BCUT2D eigenvalue weighted by molar-refractivity contribution is 0.582. The van der Waals surface area contributed by atoms with Crippen LogP contribution in [0.1, 0.15) is 10.8 Å². The maximum absolute atomic E-state index is 12.6. The van der Waals surface area contributed by atoms with E-state index in [9.17, 15) is 8.42 Å². The summed E-state index contributed by atoms with van der Waals surface area (Å²) in [6, 6.07) is 15.3. The Morgan fingerprint density at radius 2 is 1.58 bits per heavy atom. The number of benzene rings is 2. The number of hydrogen-bond acceptors (Lipinski definition) is 3. The van der Waals surface area contributed by atoms with Crippen molar-refractivity contribution in [1.82, 2.24) is 0 Å². The highest BCUT2D eigenvalue weighted by Crippen LogP contribution is 2.31. The van der Waals surface area contributed by atoms with Crippen LogP contribution in [0.25, 0.3) is 0 Å². The normalized spacial score (nSPS) is 13.2. The van der Waals surface area contributed by atoms with E-state index in [-0.39, 0.29) is 16.5 Å². The maximum atomic E-state index is 12.6. The van der Waals surface area contributed by atoms with Crippen LogP contribution in [0.15, 0.2) is 59.5 Å². The Morgan fingerprint density at radius 1 is 1.00 bits per heavy atom. The molecule has 19 heavy (non-hydrogen) atoms. The first-order valence-electron chi connectivity index (χ1n) is 5.81. The monoisotopic (exact) mass is 295 g/mol. The van der Waals surface area contributed by atoms with E-state index in [2.05, 4.69) is 0 Å². The Bertz CT molecular complexity index is 656. The lowest BCUT2D eigenvalue weighted by Crippen LogP contribution is -2.22. The molecule has 0 aromatic heterocycles. The second-order valence-corrected chi connectivity index (χ2v) is 6.62.